The van der Waals surface area contributed by atoms with E-state index in [9.17, 15) is 19.0 Å². The fourth-order valence-corrected chi connectivity index (χ4v) is 9.07. The van der Waals surface area contributed by atoms with Crippen LogP contribution in [0.2, 0.25) is 0 Å². The van der Waals surface area contributed by atoms with Crippen molar-refractivity contribution in [2.24, 2.45) is 0 Å². The summed E-state index contributed by atoms with van der Waals surface area (Å²) in [5.41, 5.74) is 0. The molecule has 0 aliphatic heterocycles. The number of rotatable bonds is 53. The lowest BCUT2D eigenvalue weighted by Crippen LogP contribution is -2.47. The van der Waals surface area contributed by atoms with Crippen molar-refractivity contribution in [3.63, 3.8) is 0 Å². The first kappa shape index (κ1) is 68.7. The molecule has 0 heterocycles. The fourth-order valence-electron chi connectivity index (χ4n) is 8.33. The van der Waals surface area contributed by atoms with Crippen molar-refractivity contribution < 1.29 is 37.3 Å². The summed E-state index contributed by atoms with van der Waals surface area (Å²) >= 11 is 0. The summed E-state index contributed by atoms with van der Waals surface area (Å²) in [7, 11) is 1.48. The molecule has 0 bridgehead atoms. The van der Waals surface area contributed by atoms with Crippen molar-refractivity contribution >= 4 is 19.7 Å². The number of nitrogens with zero attached hydrogens (tertiary/aromatic N) is 1. The van der Waals surface area contributed by atoms with Gasteiger partial charge in [-0.25, -0.2) is 4.57 Å². The van der Waals surface area contributed by atoms with Gasteiger partial charge in [-0.3, -0.25) is 18.6 Å². The molecule has 0 aromatic rings. The third-order valence-electron chi connectivity index (χ3n) is 13.0. The Hall–Kier alpha value is -2.29. The number of unbranched alkanes of at least 4 members (excludes halogenated alkanes) is 29. The molecule has 9 nitrogen and oxygen atoms in total. The monoisotopic (exact) mass is 1020 g/mol. The molecule has 1 amide bonds. The van der Waals surface area contributed by atoms with Gasteiger partial charge in [-0.05, 0) is 76.7 Å². The van der Waals surface area contributed by atoms with Gasteiger partial charge in [-0.1, -0.05) is 236 Å². The molecule has 10 heteroatoms. The number of amides is 1. The van der Waals surface area contributed by atoms with Gasteiger partial charge in [0.15, 0.2) is 0 Å². The quantitative estimate of drug-likeness (QED) is 0.0205. The van der Waals surface area contributed by atoms with Crippen LogP contribution >= 0.6 is 7.82 Å². The number of esters is 1. The molecule has 414 valence electrons. The summed E-state index contributed by atoms with van der Waals surface area (Å²) in [5.74, 6) is -0.536. The van der Waals surface area contributed by atoms with E-state index in [2.05, 4.69) is 74.7 Å². The summed E-state index contributed by atoms with van der Waals surface area (Å²) in [6.45, 7) is 6.96. The van der Waals surface area contributed by atoms with Gasteiger partial charge in [0.1, 0.15) is 19.3 Å². The third kappa shape index (κ3) is 52.4. The van der Waals surface area contributed by atoms with Gasteiger partial charge in [0.05, 0.1) is 33.8 Å². The Bertz CT molecular complexity index is 1400. The van der Waals surface area contributed by atoms with E-state index in [1.165, 1.54) is 148 Å². The maximum Gasteiger partial charge on any atom is 0.472 e. The van der Waals surface area contributed by atoms with Crippen LogP contribution in [0.3, 0.4) is 0 Å². The zero-order valence-corrected chi connectivity index (χ0v) is 48.1. The number of carbonyl (C=O) groups excluding carboxylic acids is 2. The van der Waals surface area contributed by atoms with E-state index in [4.69, 9.17) is 13.8 Å². The van der Waals surface area contributed by atoms with Gasteiger partial charge in [-0.15, -0.1) is 0 Å². The summed E-state index contributed by atoms with van der Waals surface area (Å²) in [6, 6.07) is -0.859. The number of phosphoric ester groups is 1. The van der Waals surface area contributed by atoms with Gasteiger partial charge in [0.25, 0.3) is 0 Å². The third-order valence-corrected chi connectivity index (χ3v) is 13.9. The predicted molar refractivity (Wildman–Crippen MR) is 305 cm³/mol. The molecular formula is C61H114N2O7P+. The number of hydrogen-bond donors (Lipinski definition) is 2. The SMILES string of the molecule is CCCCC/C=C\C/C=C\C/C=C\C/C=C\CCCCCC(=O)OC(/C=C/CCCCCCCCCCC)C(COP(=O)(O)OCC[N+](C)(C)C)NC(=O)CCCCCCCCCCCCCCCCC. The normalized spacial score (nSPS) is 14.2. The molecule has 2 N–H and O–H groups in total. The highest BCUT2D eigenvalue weighted by atomic mass is 31.2. The van der Waals surface area contributed by atoms with Crippen LogP contribution in [0, 0.1) is 0 Å². The van der Waals surface area contributed by atoms with E-state index >= 15 is 0 Å². The largest absolute Gasteiger partial charge is 0.472 e. The van der Waals surface area contributed by atoms with Gasteiger partial charge in [-0.2, -0.15) is 0 Å². The standard InChI is InChI=1S/C61H113N2O7P/c1-7-10-13-16-19-22-25-27-29-30-31-32-34-36-39-42-45-48-51-54-61(65)70-59(52-49-46-43-40-37-24-21-18-15-12-9-3)58(57-69-71(66,67)68-56-55-63(4,5)6)62-60(64)53-50-47-44-41-38-35-33-28-26-23-20-17-14-11-8-2/h19,22,27,29,31-32,36,39,49,52,58-59H,7-18,20-21,23-26,28,30,33-35,37-38,40-48,50-51,53-57H2,1-6H3,(H-,62,64,66,67)/p+1/b22-19-,29-27-,32-31-,39-36-,52-49+. The fraction of sp³-hybridized carbons (Fsp3) is 0.803. The molecule has 0 saturated heterocycles. The highest BCUT2D eigenvalue weighted by Gasteiger charge is 2.30. The summed E-state index contributed by atoms with van der Waals surface area (Å²) < 4.78 is 30.6. The van der Waals surface area contributed by atoms with Crippen LogP contribution in [-0.2, 0) is 27.9 Å². The second-order valence-electron chi connectivity index (χ2n) is 21.2. The van der Waals surface area contributed by atoms with E-state index in [-0.39, 0.29) is 31.5 Å². The second kappa shape index (κ2) is 51.2. The number of phosphoric acid groups is 1. The van der Waals surface area contributed by atoms with Crippen LogP contribution in [0.4, 0.5) is 0 Å². The highest BCUT2D eigenvalue weighted by molar-refractivity contribution is 7.47. The molecule has 3 unspecified atom stereocenters. The molecular weight excluding hydrogens is 904 g/mol. The van der Waals surface area contributed by atoms with E-state index in [0.29, 0.717) is 23.9 Å². The Morgan fingerprint density at radius 1 is 0.493 bits per heavy atom. The number of ether oxygens (including phenoxy) is 1. The Morgan fingerprint density at radius 3 is 1.32 bits per heavy atom. The van der Waals surface area contributed by atoms with Gasteiger partial charge in [0, 0.05) is 12.8 Å². The van der Waals surface area contributed by atoms with E-state index in [1.807, 2.05) is 33.3 Å². The molecule has 0 spiro atoms. The van der Waals surface area contributed by atoms with Crippen LogP contribution in [0.1, 0.15) is 265 Å². The van der Waals surface area contributed by atoms with Crippen molar-refractivity contribution in [3.8, 4) is 0 Å². The van der Waals surface area contributed by atoms with E-state index < -0.39 is 20.0 Å². The summed E-state index contributed by atoms with van der Waals surface area (Å²) in [4.78, 5) is 37.6. The van der Waals surface area contributed by atoms with Gasteiger partial charge in [0.2, 0.25) is 5.91 Å². The van der Waals surface area contributed by atoms with Crippen LogP contribution in [0.15, 0.2) is 60.8 Å². The number of nitrogens with one attached hydrogen (secondary N) is 1. The Labute approximate surface area is 439 Å². The number of likely N-dealkylation sites (N-methyl/N-ethyl adjacent to an activating group) is 1. The van der Waals surface area contributed by atoms with Crippen LogP contribution in [-0.4, -0.2) is 74.3 Å². The summed E-state index contributed by atoms with van der Waals surface area (Å²) in [5, 5.41) is 3.04. The highest BCUT2D eigenvalue weighted by Crippen LogP contribution is 2.43. The molecule has 0 aromatic carbocycles. The molecule has 0 radical (unpaired) electrons. The molecule has 71 heavy (non-hydrogen) atoms. The topological polar surface area (TPSA) is 111 Å². The minimum atomic E-state index is -4.45. The van der Waals surface area contributed by atoms with Crippen LogP contribution in [0.25, 0.3) is 0 Å². The smallest absolute Gasteiger partial charge is 0.456 e. The first-order chi connectivity index (χ1) is 34.4. The molecule has 0 saturated carbocycles. The average molecular weight is 1020 g/mol. The van der Waals surface area contributed by atoms with Crippen molar-refractivity contribution in [2.45, 2.75) is 277 Å². The van der Waals surface area contributed by atoms with E-state index in [1.54, 1.807) is 0 Å². The van der Waals surface area contributed by atoms with Gasteiger partial charge >= 0.3 is 13.8 Å². The zero-order valence-electron chi connectivity index (χ0n) is 47.2. The van der Waals surface area contributed by atoms with Crippen LogP contribution in [0.5, 0.6) is 0 Å². The average Bonchev–Trinajstić information content (AvgIpc) is 3.33. The number of hydrogen-bond acceptors (Lipinski definition) is 6. The number of allylic oxidation sites excluding steroid dienone is 9. The Kier molecular flexibility index (Phi) is 49.6. The molecule has 0 fully saturated rings. The molecule has 0 aromatic heterocycles. The summed E-state index contributed by atoms with van der Waals surface area (Å²) in [6.07, 6.45) is 63.5. The predicted octanol–water partition coefficient (Wildman–Crippen LogP) is 17.9. The lowest BCUT2D eigenvalue weighted by atomic mass is 10.0. The van der Waals surface area contributed by atoms with Gasteiger partial charge < -0.3 is 19.4 Å². The molecule has 0 aliphatic rings. The van der Waals surface area contributed by atoms with E-state index in [0.717, 1.165) is 77.0 Å². The van der Waals surface area contributed by atoms with Crippen molar-refractivity contribution in [1.29, 1.82) is 0 Å². The lowest BCUT2D eigenvalue weighted by molar-refractivity contribution is -0.870. The van der Waals surface area contributed by atoms with Crippen molar-refractivity contribution in [3.05, 3.63) is 60.8 Å². The van der Waals surface area contributed by atoms with Crippen LogP contribution < -0.4 is 5.32 Å². The number of quaternary nitrogens is 1. The first-order valence-corrected chi connectivity index (χ1v) is 31.1. The second-order valence-corrected chi connectivity index (χ2v) is 22.6. The Morgan fingerprint density at radius 2 is 0.859 bits per heavy atom. The minimum Gasteiger partial charge on any atom is -0.456 e. The molecule has 0 aliphatic carbocycles. The minimum absolute atomic E-state index is 0.0347. The Balaban J connectivity index is 5.33. The maximum absolute atomic E-state index is 13.5. The first-order valence-electron chi connectivity index (χ1n) is 29.6. The molecule has 3 atom stereocenters. The van der Waals surface area contributed by atoms with Crippen molar-refractivity contribution in [2.75, 3.05) is 40.9 Å². The van der Waals surface area contributed by atoms with Crippen molar-refractivity contribution in [1.82, 2.24) is 5.32 Å². The number of carbonyl (C=O) groups is 2. The lowest BCUT2D eigenvalue weighted by Gasteiger charge is -2.27. The zero-order chi connectivity index (χ0) is 52.2. The maximum atomic E-state index is 13.5. The molecule has 0 rings (SSSR count).